The first-order valence-electron chi connectivity index (χ1n) is 14.6. The maximum atomic E-state index is 13.0. The molecule has 1 saturated heterocycles. The van der Waals surface area contributed by atoms with Crippen LogP contribution in [-0.2, 0) is 32.0 Å². The Kier molecular flexibility index (Phi) is 11.2. The van der Waals surface area contributed by atoms with Crippen molar-refractivity contribution in [2.45, 2.75) is 49.6 Å². The van der Waals surface area contributed by atoms with E-state index in [0.717, 1.165) is 22.3 Å². The summed E-state index contributed by atoms with van der Waals surface area (Å²) in [5.41, 5.74) is 3.91. The Hall–Kier alpha value is -4.29. The van der Waals surface area contributed by atoms with Crippen LogP contribution in [0.15, 0.2) is 102 Å². The number of rotatable bonds is 11. The lowest BCUT2D eigenvalue weighted by molar-refractivity contribution is -0.268. The predicted molar refractivity (Wildman–Crippen MR) is 170 cm³/mol. The molecule has 45 heavy (non-hydrogen) atoms. The minimum absolute atomic E-state index is 0.00982. The van der Waals surface area contributed by atoms with Crippen molar-refractivity contribution in [3.8, 4) is 0 Å². The number of nitrogens with zero attached hydrogens (tertiary/aromatic N) is 2. The number of nitrogens with one attached hydrogen (secondary N) is 2. The molecule has 1 fully saturated rings. The van der Waals surface area contributed by atoms with Crippen molar-refractivity contribution in [2.24, 2.45) is 5.92 Å². The lowest BCUT2D eigenvalue weighted by atomic mass is 9.91. The summed E-state index contributed by atoms with van der Waals surface area (Å²) < 4.78 is 18.0. The van der Waals surface area contributed by atoms with Crippen molar-refractivity contribution in [1.82, 2.24) is 15.3 Å². The molecule has 10 nitrogen and oxygen atoms in total. The summed E-state index contributed by atoms with van der Waals surface area (Å²) in [6, 6.07) is 24.7. The van der Waals surface area contributed by atoms with Gasteiger partial charge in [0, 0.05) is 41.7 Å². The highest BCUT2D eigenvalue weighted by Gasteiger charge is 2.38. The fraction of sp³-hybridized carbons (Fsp3) is 0.294. The number of ether oxygens (including phenoxy) is 3. The molecule has 0 radical (unpaired) electrons. The van der Waals surface area contributed by atoms with Gasteiger partial charge in [-0.3, -0.25) is 0 Å². The Labute approximate surface area is 266 Å². The van der Waals surface area contributed by atoms with Gasteiger partial charge in [-0.1, -0.05) is 85.4 Å². The van der Waals surface area contributed by atoms with Gasteiger partial charge in [0.05, 0.1) is 25.9 Å². The first-order valence-corrected chi connectivity index (χ1v) is 15.6. The predicted octanol–water partition coefficient (Wildman–Crippen LogP) is 5.46. The van der Waals surface area contributed by atoms with Crippen LogP contribution in [0.2, 0.25) is 0 Å². The summed E-state index contributed by atoms with van der Waals surface area (Å²) >= 11 is 1.51. The largest absolute Gasteiger partial charge is 0.467 e. The van der Waals surface area contributed by atoms with Gasteiger partial charge in [0.25, 0.3) is 0 Å². The number of urea groups is 1. The zero-order chi connectivity index (χ0) is 31.6. The van der Waals surface area contributed by atoms with Gasteiger partial charge in [-0.15, -0.1) is 0 Å². The van der Waals surface area contributed by atoms with Crippen LogP contribution in [-0.4, -0.2) is 52.1 Å². The number of anilines is 1. The van der Waals surface area contributed by atoms with Crippen LogP contribution in [0.3, 0.4) is 0 Å². The molecule has 3 aromatic carbocycles. The summed E-state index contributed by atoms with van der Waals surface area (Å²) in [5.74, 6) is 0.0561. The van der Waals surface area contributed by atoms with Crippen LogP contribution in [0, 0.1) is 5.92 Å². The molecule has 0 spiro atoms. The topological polar surface area (TPSA) is 132 Å². The van der Waals surface area contributed by atoms with Gasteiger partial charge >= 0.3 is 12.0 Å². The molecule has 1 aliphatic rings. The third-order valence-electron chi connectivity index (χ3n) is 7.53. The molecule has 5 atom stereocenters. The molecule has 4 aromatic rings. The SMILES string of the molecule is COC(=O)[C@H](Cc1ccccc1)NC(=O)Nc1cccc([C@H]2O[C@@H](CSc3ncccn3)[C@@H](C)[C@@H](c3ccc(CO)cc3)O2)c1. The number of aromatic nitrogens is 2. The molecule has 5 rings (SSSR count). The van der Waals surface area contributed by atoms with E-state index in [1.54, 1.807) is 30.6 Å². The van der Waals surface area contributed by atoms with Crippen molar-refractivity contribution >= 4 is 29.4 Å². The van der Waals surface area contributed by atoms with Crippen LogP contribution in [0.4, 0.5) is 10.5 Å². The zero-order valence-corrected chi connectivity index (χ0v) is 25.9. The van der Waals surface area contributed by atoms with E-state index in [9.17, 15) is 14.7 Å². The first kappa shape index (κ1) is 32.1. The fourth-order valence-electron chi connectivity index (χ4n) is 5.10. The molecule has 1 aliphatic heterocycles. The summed E-state index contributed by atoms with van der Waals surface area (Å²) in [5, 5.41) is 15.7. The van der Waals surface area contributed by atoms with Crippen LogP contribution in [0.1, 0.15) is 41.6 Å². The number of aliphatic hydroxyl groups excluding tert-OH is 1. The number of hydrogen-bond acceptors (Lipinski definition) is 9. The van der Waals surface area contributed by atoms with Gasteiger partial charge in [-0.05, 0) is 34.9 Å². The highest BCUT2D eigenvalue weighted by atomic mass is 32.2. The molecule has 0 unspecified atom stereocenters. The third-order valence-corrected chi connectivity index (χ3v) is 8.50. The Bertz CT molecular complexity index is 1540. The van der Waals surface area contributed by atoms with Gasteiger partial charge in [0.15, 0.2) is 11.4 Å². The lowest BCUT2D eigenvalue weighted by Crippen LogP contribution is -2.45. The molecule has 11 heteroatoms. The van der Waals surface area contributed by atoms with Crippen molar-refractivity contribution < 1.29 is 28.9 Å². The molecule has 2 amide bonds. The molecule has 0 saturated carbocycles. The molecular formula is C34H36N4O6S. The number of carbonyl (C=O) groups excluding carboxylic acids is 2. The van der Waals surface area contributed by atoms with Crippen molar-refractivity contribution in [2.75, 3.05) is 18.2 Å². The van der Waals surface area contributed by atoms with Crippen LogP contribution in [0.5, 0.6) is 0 Å². The van der Waals surface area contributed by atoms with E-state index in [-0.39, 0.29) is 31.2 Å². The normalized spacial score (nSPS) is 20.2. The van der Waals surface area contributed by atoms with Crippen molar-refractivity contribution in [3.05, 3.63) is 120 Å². The number of benzene rings is 3. The monoisotopic (exact) mass is 628 g/mol. The van der Waals surface area contributed by atoms with E-state index in [4.69, 9.17) is 14.2 Å². The van der Waals surface area contributed by atoms with E-state index >= 15 is 0 Å². The van der Waals surface area contributed by atoms with E-state index in [0.29, 0.717) is 16.6 Å². The summed E-state index contributed by atoms with van der Waals surface area (Å²) in [7, 11) is 1.29. The van der Waals surface area contributed by atoms with E-state index in [1.807, 2.05) is 66.7 Å². The Balaban J connectivity index is 1.32. The van der Waals surface area contributed by atoms with Crippen molar-refractivity contribution in [3.63, 3.8) is 0 Å². The zero-order valence-electron chi connectivity index (χ0n) is 25.0. The fourth-order valence-corrected chi connectivity index (χ4v) is 6.07. The number of hydrogen-bond donors (Lipinski definition) is 3. The second-order valence-corrected chi connectivity index (χ2v) is 11.6. The maximum Gasteiger partial charge on any atom is 0.328 e. The Morgan fingerprint density at radius 2 is 1.69 bits per heavy atom. The molecule has 0 bridgehead atoms. The molecule has 0 aliphatic carbocycles. The number of esters is 1. The Morgan fingerprint density at radius 3 is 2.40 bits per heavy atom. The highest BCUT2D eigenvalue weighted by molar-refractivity contribution is 7.99. The van der Waals surface area contributed by atoms with Gasteiger partial charge in [-0.25, -0.2) is 19.6 Å². The highest BCUT2D eigenvalue weighted by Crippen LogP contribution is 2.43. The lowest BCUT2D eigenvalue weighted by Gasteiger charge is -2.41. The first-order chi connectivity index (χ1) is 21.9. The van der Waals surface area contributed by atoms with Crippen LogP contribution in [0.25, 0.3) is 0 Å². The van der Waals surface area contributed by atoms with Gasteiger partial charge in [0.1, 0.15) is 6.04 Å². The third kappa shape index (κ3) is 8.67. The number of aliphatic hydroxyl groups is 1. The van der Waals surface area contributed by atoms with Gasteiger partial charge in [-0.2, -0.15) is 0 Å². The summed E-state index contributed by atoms with van der Waals surface area (Å²) in [6.45, 7) is 2.05. The second-order valence-electron chi connectivity index (χ2n) is 10.7. The van der Waals surface area contributed by atoms with E-state index in [1.165, 1.54) is 18.9 Å². The number of carbonyl (C=O) groups is 2. The summed E-state index contributed by atoms with van der Waals surface area (Å²) in [6.07, 6.45) is 2.48. The molecule has 3 N–H and O–H groups in total. The molecule has 2 heterocycles. The number of amides is 2. The molecule has 234 valence electrons. The molecular weight excluding hydrogens is 592 g/mol. The van der Waals surface area contributed by atoms with Crippen molar-refractivity contribution in [1.29, 1.82) is 0 Å². The smallest absolute Gasteiger partial charge is 0.328 e. The Morgan fingerprint density at radius 1 is 0.933 bits per heavy atom. The minimum atomic E-state index is -0.864. The van der Waals surface area contributed by atoms with Crippen LogP contribution >= 0.6 is 11.8 Å². The van der Waals surface area contributed by atoms with Gasteiger partial charge < -0.3 is 30.0 Å². The number of methoxy groups -OCH3 is 1. The van der Waals surface area contributed by atoms with Gasteiger partial charge in [0.2, 0.25) is 0 Å². The average Bonchev–Trinajstić information content (AvgIpc) is 3.08. The minimum Gasteiger partial charge on any atom is -0.467 e. The second kappa shape index (κ2) is 15.6. The van der Waals surface area contributed by atoms with Crippen LogP contribution < -0.4 is 10.6 Å². The quantitative estimate of drug-likeness (QED) is 0.113. The van der Waals surface area contributed by atoms with E-state index < -0.39 is 24.3 Å². The molecule has 1 aromatic heterocycles. The number of thioether (sulfide) groups is 1. The summed E-state index contributed by atoms with van der Waals surface area (Å²) in [4.78, 5) is 34.1. The maximum absolute atomic E-state index is 13.0. The average molecular weight is 629 g/mol. The standard InChI is InChI=1S/C34H36N4O6S/c1-22-29(21-45-34-35-16-7-17-36-34)43-32(44-30(22)25-14-12-24(20-39)13-15-25)26-10-6-11-27(19-26)37-33(41)38-28(31(40)42-2)18-23-8-4-3-5-9-23/h3-17,19,22,28-30,32,39H,18,20-21H2,1-2H3,(H2,37,38,41)/t22-,28+,29+,30+,32+/m1/s1. The van der Waals surface area contributed by atoms with E-state index in [2.05, 4.69) is 27.5 Å².